The summed E-state index contributed by atoms with van der Waals surface area (Å²) in [4.78, 5) is 4.77. The lowest BCUT2D eigenvalue weighted by molar-refractivity contribution is 0.0230. The molecule has 1 fully saturated rings. The van der Waals surface area contributed by atoms with Crippen molar-refractivity contribution >= 4 is 15.9 Å². The summed E-state index contributed by atoms with van der Waals surface area (Å²) in [5.74, 6) is 0. The number of hydrogen-bond acceptors (Lipinski definition) is 4. The average Bonchev–Trinajstić information content (AvgIpc) is 2.44. The maximum absolute atomic E-state index is 9.74. The summed E-state index contributed by atoms with van der Waals surface area (Å²) in [5.41, 5.74) is 1.35. The molecule has 1 aromatic carbocycles. The third kappa shape index (κ3) is 5.14. The standard InChI is InChI=1S/C15H23BrN2O2/c1-20-12-15(19)11-18-8-6-17(7-9-18)10-13-2-4-14(16)5-3-13/h2-5,15,19H,6-12H2,1H3/t15-/m0/s1. The van der Waals surface area contributed by atoms with E-state index < -0.39 is 0 Å². The van der Waals surface area contributed by atoms with Crippen LogP contribution < -0.4 is 0 Å². The molecule has 1 saturated heterocycles. The zero-order valence-corrected chi connectivity index (χ0v) is 13.6. The predicted octanol–water partition coefficient (Wildman–Crippen LogP) is 1.57. The van der Waals surface area contributed by atoms with Gasteiger partial charge in [-0.25, -0.2) is 0 Å². The van der Waals surface area contributed by atoms with Gasteiger partial charge in [0.2, 0.25) is 0 Å². The summed E-state index contributed by atoms with van der Waals surface area (Å²) in [6.07, 6.45) is -0.377. The van der Waals surface area contributed by atoms with Gasteiger partial charge in [-0.3, -0.25) is 9.80 Å². The second kappa shape index (κ2) is 8.10. The highest BCUT2D eigenvalue weighted by atomic mass is 79.9. The molecule has 0 spiro atoms. The van der Waals surface area contributed by atoms with Crippen molar-refractivity contribution in [3.63, 3.8) is 0 Å². The van der Waals surface area contributed by atoms with E-state index in [-0.39, 0.29) is 6.10 Å². The number of halogens is 1. The third-order valence-electron chi connectivity index (χ3n) is 3.61. The number of aliphatic hydroxyl groups excluding tert-OH is 1. The molecule has 0 aromatic heterocycles. The predicted molar refractivity (Wildman–Crippen MR) is 83.7 cm³/mol. The first kappa shape index (κ1) is 15.9. The van der Waals surface area contributed by atoms with Gasteiger partial charge in [0.25, 0.3) is 0 Å². The Bertz CT molecular complexity index is 391. The summed E-state index contributed by atoms with van der Waals surface area (Å²) in [6, 6.07) is 8.51. The van der Waals surface area contributed by atoms with E-state index in [4.69, 9.17) is 4.74 Å². The van der Waals surface area contributed by atoms with Crippen LogP contribution in [0.15, 0.2) is 28.7 Å². The van der Waals surface area contributed by atoms with E-state index in [0.717, 1.165) is 37.2 Å². The van der Waals surface area contributed by atoms with Crippen LogP contribution in [0.1, 0.15) is 5.56 Å². The van der Waals surface area contributed by atoms with Crippen molar-refractivity contribution in [1.82, 2.24) is 9.80 Å². The number of benzene rings is 1. The van der Waals surface area contributed by atoms with E-state index in [9.17, 15) is 5.11 Å². The zero-order chi connectivity index (χ0) is 14.4. The van der Waals surface area contributed by atoms with E-state index >= 15 is 0 Å². The minimum Gasteiger partial charge on any atom is -0.389 e. The zero-order valence-electron chi connectivity index (χ0n) is 12.0. The topological polar surface area (TPSA) is 35.9 Å². The van der Waals surface area contributed by atoms with E-state index in [2.05, 4.69) is 50.0 Å². The maximum atomic E-state index is 9.74. The fourth-order valence-electron chi connectivity index (χ4n) is 2.52. The van der Waals surface area contributed by atoms with Gasteiger partial charge in [-0.1, -0.05) is 28.1 Å². The lowest BCUT2D eigenvalue weighted by Gasteiger charge is -2.35. The molecule has 0 radical (unpaired) electrons. The molecule has 1 heterocycles. The third-order valence-corrected chi connectivity index (χ3v) is 4.14. The molecular formula is C15H23BrN2O2. The van der Waals surface area contributed by atoms with Crippen LogP contribution in [0.25, 0.3) is 0 Å². The van der Waals surface area contributed by atoms with Gasteiger partial charge in [-0.15, -0.1) is 0 Å². The first-order valence-corrected chi connectivity index (χ1v) is 7.83. The molecule has 112 valence electrons. The van der Waals surface area contributed by atoms with Crippen molar-refractivity contribution in [2.24, 2.45) is 0 Å². The molecule has 5 heteroatoms. The fraction of sp³-hybridized carbons (Fsp3) is 0.600. The molecule has 0 bridgehead atoms. The quantitative estimate of drug-likeness (QED) is 0.851. The summed E-state index contributed by atoms with van der Waals surface area (Å²) in [6.45, 7) is 6.25. The normalized spacial score (nSPS) is 19.1. The lowest BCUT2D eigenvalue weighted by Crippen LogP contribution is -2.48. The number of piperazine rings is 1. The van der Waals surface area contributed by atoms with Crippen LogP contribution in [-0.2, 0) is 11.3 Å². The van der Waals surface area contributed by atoms with Gasteiger partial charge < -0.3 is 9.84 Å². The van der Waals surface area contributed by atoms with Gasteiger partial charge in [-0.2, -0.15) is 0 Å². The number of β-amino-alcohol motifs (C(OH)–C–C–N with tert-alkyl or cyclic N) is 1. The fourth-order valence-corrected chi connectivity index (χ4v) is 2.79. The summed E-state index contributed by atoms with van der Waals surface area (Å²) in [5, 5.41) is 9.74. The Morgan fingerprint density at radius 2 is 1.75 bits per heavy atom. The van der Waals surface area contributed by atoms with Gasteiger partial charge in [0.15, 0.2) is 0 Å². The molecule has 20 heavy (non-hydrogen) atoms. The Balaban J connectivity index is 1.72. The highest BCUT2D eigenvalue weighted by molar-refractivity contribution is 9.10. The van der Waals surface area contributed by atoms with Crippen molar-refractivity contribution in [3.05, 3.63) is 34.3 Å². The minimum atomic E-state index is -0.377. The van der Waals surface area contributed by atoms with Gasteiger partial charge in [0.05, 0.1) is 12.7 Å². The lowest BCUT2D eigenvalue weighted by atomic mass is 10.2. The summed E-state index contributed by atoms with van der Waals surface area (Å²) in [7, 11) is 1.62. The Morgan fingerprint density at radius 1 is 1.15 bits per heavy atom. The van der Waals surface area contributed by atoms with Crippen LogP contribution in [-0.4, -0.2) is 67.5 Å². The van der Waals surface area contributed by atoms with E-state index in [0.29, 0.717) is 13.2 Å². The largest absolute Gasteiger partial charge is 0.389 e. The number of hydrogen-bond donors (Lipinski definition) is 1. The second-order valence-corrected chi connectivity index (χ2v) is 6.23. The molecule has 0 unspecified atom stereocenters. The van der Waals surface area contributed by atoms with Gasteiger partial charge in [-0.05, 0) is 17.7 Å². The summed E-state index contributed by atoms with van der Waals surface area (Å²) >= 11 is 3.46. The first-order chi connectivity index (χ1) is 9.67. The van der Waals surface area contributed by atoms with Crippen LogP contribution in [0.4, 0.5) is 0 Å². The second-order valence-electron chi connectivity index (χ2n) is 5.31. The van der Waals surface area contributed by atoms with Crippen LogP contribution >= 0.6 is 15.9 Å². The number of rotatable bonds is 6. The van der Waals surface area contributed by atoms with Crippen LogP contribution in [0.3, 0.4) is 0 Å². The number of nitrogens with zero attached hydrogens (tertiary/aromatic N) is 2. The summed E-state index contributed by atoms with van der Waals surface area (Å²) < 4.78 is 6.09. The van der Waals surface area contributed by atoms with E-state index in [1.807, 2.05) is 0 Å². The van der Waals surface area contributed by atoms with Gasteiger partial charge in [0.1, 0.15) is 0 Å². The molecule has 2 rings (SSSR count). The molecule has 0 amide bonds. The Labute approximate surface area is 129 Å². The average molecular weight is 343 g/mol. The number of ether oxygens (including phenoxy) is 1. The van der Waals surface area contributed by atoms with Gasteiger partial charge in [0, 0.05) is 50.9 Å². The highest BCUT2D eigenvalue weighted by Gasteiger charge is 2.19. The minimum absolute atomic E-state index is 0.377. The Kier molecular flexibility index (Phi) is 6.45. The van der Waals surface area contributed by atoms with Crippen molar-refractivity contribution < 1.29 is 9.84 Å². The number of aliphatic hydroxyl groups is 1. The number of methoxy groups -OCH3 is 1. The molecule has 1 aliphatic rings. The maximum Gasteiger partial charge on any atom is 0.0900 e. The molecule has 1 atom stereocenters. The van der Waals surface area contributed by atoms with Crippen LogP contribution in [0.2, 0.25) is 0 Å². The first-order valence-electron chi connectivity index (χ1n) is 7.03. The Hall–Kier alpha value is -0.460. The van der Waals surface area contributed by atoms with Crippen LogP contribution in [0, 0.1) is 0 Å². The van der Waals surface area contributed by atoms with Crippen molar-refractivity contribution in [2.45, 2.75) is 12.6 Å². The molecule has 1 N–H and O–H groups in total. The molecule has 0 saturated carbocycles. The Morgan fingerprint density at radius 3 is 2.35 bits per heavy atom. The molecular weight excluding hydrogens is 320 g/mol. The van der Waals surface area contributed by atoms with Crippen molar-refractivity contribution in [1.29, 1.82) is 0 Å². The molecule has 4 nitrogen and oxygen atoms in total. The molecule has 1 aliphatic heterocycles. The van der Waals surface area contributed by atoms with Crippen LogP contribution in [0.5, 0.6) is 0 Å². The SMILES string of the molecule is COC[C@@H](O)CN1CCN(Cc2ccc(Br)cc2)CC1. The van der Waals surface area contributed by atoms with Gasteiger partial charge >= 0.3 is 0 Å². The monoisotopic (exact) mass is 342 g/mol. The smallest absolute Gasteiger partial charge is 0.0900 e. The van der Waals surface area contributed by atoms with E-state index in [1.165, 1.54) is 5.56 Å². The molecule has 1 aromatic rings. The molecule has 0 aliphatic carbocycles. The van der Waals surface area contributed by atoms with E-state index in [1.54, 1.807) is 7.11 Å². The van der Waals surface area contributed by atoms with Crippen molar-refractivity contribution in [3.8, 4) is 0 Å². The highest BCUT2D eigenvalue weighted by Crippen LogP contribution is 2.13. The van der Waals surface area contributed by atoms with Crippen molar-refractivity contribution in [2.75, 3.05) is 46.4 Å².